The molecule has 0 fully saturated rings. The topological polar surface area (TPSA) is 12.9 Å². The lowest BCUT2D eigenvalue weighted by Crippen LogP contribution is -1.95. The molecule has 2 aromatic carbocycles. The van der Waals surface area contributed by atoms with Crippen molar-refractivity contribution in [3.8, 4) is 11.3 Å². The Labute approximate surface area is 133 Å². The van der Waals surface area contributed by atoms with Crippen molar-refractivity contribution in [2.75, 3.05) is 0 Å². The van der Waals surface area contributed by atoms with Crippen molar-refractivity contribution < 1.29 is 0 Å². The predicted octanol–water partition coefficient (Wildman–Crippen LogP) is 5.64. The summed E-state index contributed by atoms with van der Waals surface area (Å²) in [6.45, 7) is 8.73. The highest BCUT2D eigenvalue weighted by atomic mass is 14.7. The number of hydrogen-bond donors (Lipinski definition) is 0. The van der Waals surface area contributed by atoms with Crippen LogP contribution in [0.4, 0.5) is 0 Å². The van der Waals surface area contributed by atoms with Gasteiger partial charge in [0, 0.05) is 10.9 Å². The maximum atomic E-state index is 4.91. The third-order valence-corrected chi connectivity index (χ3v) is 4.33. The van der Waals surface area contributed by atoms with Gasteiger partial charge < -0.3 is 0 Å². The van der Waals surface area contributed by atoms with Crippen molar-refractivity contribution in [3.63, 3.8) is 0 Å². The van der Waals surface area contributed by atoms with E-state index in [2.05, 4.69) is 70.2 Å². The van der Waals surface area contributed by atoms with E-state index in [-0.39, 0.29) is 0 Å². The molecule has 1 heteroatoms. The zero-order valence-electron chi connectivity index (χ0n) is 13.9. The minimum absolute atomic E-state index is 1.06. The Bertz CT molecular complexity index is 810. The number of aromatic nitrogens is 1. The van der Waals surface area contributed by atoms with Crippen LogP contribution in [0.1, 0.15) is 36.1 Å². The Hall–Kier alpha value is -2.15. The second-order valence-corrected chi connectivity index (χ2v) is 6.05. The molecule has 22 heavy (non-hydrogen) atoms. The number of benzene rings is 2. The van der Waals surface area contributed by atoms with E-state index >= 15 is 0 Å². The van der Waals surface area contributed by atoms with E-state index in [0.29, 0.717) is 0 Å². The standard InChI is InChI=1S/C21H23N/c1-5-16-7-9-21-19(18(16)6-2)8-10-20(22-21)17-12-14(3)11-15(4)13-17/h7-13H,5-6H2,1-4H3. The lowest BCUT2D eigenvalue weighted by Gasteiger charge is -2.11. The van der Waals surface area contributed by atoms with Crippen LogP contribution in [0, 0.1) is 13.8 Å². The highest BCUT2D eigenvalue weighted by Gasteiger charge is 2.08. The zero-order chi connectivity index (χ0) is 15.7. The molecule has 0 aliphatic rings. The van der Waals surface area contributed by atoms with Gasteiger partial charge in [-0.05, 0) is 62.1 Å². The lowest BCUT2D eigenvalue weighted by atomic mass is 9.97. The fraction of sp³-hybridized carbons (Fsp3) is 0.286. The molecule has 1 nitrogen and oxygen atoms in total. The van der Waals surface area contributed by atoms with Gasteiger partial charge in [-0.1, -0.05) is 43.2 Å². The second-order valence-electron chi connectivity index (χ2n) is 6.05. The van der Waals surface area contributed by atoms with Gasteiger partial charge in [0.15, 0.2) is 0 Å². The molecule has 3 rings (SSSR count). The monoisotopic (exact) mass is 289 g/mol. The molecule has 1 aromatic heterocycles. The van der Waals surface area contributed by atoms with Crippen LogP contribution in [0.15, 0.2) is 42.5 Å². The number of pyridine rings is 1. The summed E-state index contributed by atoms with van der Waals surface area (Å²) >= 11 is 0. The molecule has 0 unspecified atom stereocenters. The first kappa shape index (κ1) is 14.8. The summed E-state index contributed by atoms with van der Waals surface area (Å²) in [5.74, 6) is 0. The normalized spacial score (nSPS) is 11.1. The first-order valence-electron chi connectivity index (χ1n) is 8.12. The SMILES string of the molecule is CCc1ccc2nc(-c3cc(C)cc(C)c3)ccc2c1CC. The van der Waals surface area contributed by atoms with Crippen molar-refractivity contribution in [1.82, 2.24) is 4.98 Å². The third-order valence-electron chi connectivity index (χ3n) is 4.33. The van der Waals surface area contributed by atoms with Gasteiger partial charge in [-0.2, -0.15) is 0 Å². The predicted molar refractivity (Wildman–Crippen MR) is 95.4 cm³/mol. The van der Waals surface area contributed by atoms with Crippen molar-refractivity contribution in [1.29, 1.82) is 0 Å². The molecule has 0 amide bonds. The van der Waals surface area contributed by atoms with E-state index in [0.717, 1.165) is 24.1 Å². The van der Waals surface area contributed by atoms with Crippen LogP contribution in [0.5, 0.6) is 0 Å². The Balaban J connectivity index is 2.18. The molecule has 0 bridgehead atoms. The van der Waals surface area contributed by atoms with Gasteiger partial charge >= 0.3 is 0 Å². The van der Waals surface area contributed by atoms with Gasteiger partial charge in [0.05, 0.1) is 11.2 Å². The van der Waals surface area contributed by atoms with Gasteiger partial charge in [-0.3, -0.25) is 0 Å². The van der Waals surface area contributed by atoms with Gasteiger partial charge in [-0.25, -0.2) is 4.98 Å². The molecule has 0 atom stereocenters. The van der Waals surface area contributed by atoms with Gasteiger partial charge in [0.2, 0.25) is 0 Å². The zero-order valence-corrected chi connectivity index (χ0v) is 13.9. The number of fused-ring (bicyclic) bond motifs is 1. The van der Waals surface area contributed by atoms with E-state index in [1.807, 2.05) is 0 Å². The summed E-state index contributed by atoms with van der Waals surface area (Å²) in [5, 5.41) is 1.30. The summed E-state index contributed by atoms with van der Waals surface area (Å²) in [6.07, 6.45) is 2.14. The first-order valence-corrected chi connectivity index (χ1v) is 8.12. The fourth-order valence-corrected chi connectivity index (χ4v) is 3.34. The number of hydrogen-bond acceptors (Lipinski definition) is 1. The van der Waals surface area contributed by atoms with E-state index < -0.39 is 0 Å². The second kappa shape index (κ2) is 5.92. The molecular weight excluding hydrogens is 266 g/mol. The van der Waals surface area contributed by atoms with Crippen LogP contribution in [0.25, 0.3) is 22.2 Å². The van der Waals surface area contributed by atoms with Crippen LogP contribution >= 0.6 is 0 Å². The highest BCUT2D eigenvalue weighted by Crippen LogP contribution is 2.27. The fourth-order valence-electron chi connectivity index (χ4n) is 3.34. The molecule has 1 heterocycles. The Morgan fingerprint density at radius 1 is 0.818 bits per heavy atom. The molecule has 3 aromatic rings. The number of aryl methyl sites for hydroxylation is 4. The van der Waals surface area contributed by atoms with E-state index in [9.17, 15) is 0 Å². The number of nitrogens with zero attached hydrogens (tertiary/aromatic N) is 1. The Morgan fingerprint density at radius 3 is 2.18 bits per heavy atom. The molecular formula is C21H23N. The summed E-state index contributed by atoms with van der Waals surface area (Å²) in [7, 11) is 0. The maximum absolute atomic E-state index is 4.91. The Kier molecular flexibility index (Phi) is 3.98. The number of rotatable bonds is 3. The van der Waals surface area contributed by atoms with Crippen LogP contribution in [0.3, 0.4) is 0 Å². The smallest absolute Gasteiger partial charge is 0.0712 e. The highest BCUT2D eigenvalue weighted by molar-refractivity contribution is 5.86. The van der Waals surface area contributed by atoms with E-state index in [1.54, 1.807) is 0 Å². The molecule has 0 saturated carbocycles. The van der Waals surface area contributed by atoms with Gasteiger partial charge in [0.25, 0.3) is 0 Å². The molecule has 0 spiro atoms. The summed E-state index contributed by atoms with van der Waals surface area (Å²) in [5.41, 5.74) is 8.82. The van der Waals surface area contributed by atoms with Crippen LogP contribution in [-0.4, -0.2) is 4.98 Å². The summed E-state index contributed by atoms with van der Waals surface area (Å²) < 4.78 is 0. The Morgan fingerprint density at radius 2 is 1.55 bits per heavy atom. The van der Waals surface area contributed by atoms with E-state index in [4.69, 9.17) is 4.98 Å². The van der Waals surface area contributed by atoms with E-state index in [1.165, 1.54) is 33.2 Å². The third kappa shape index (κ3) is 2.64. The minimum atomic E-state index is 1.06. The first-order chi connectivity index (χ1) is 10.6. The van der Waals surface area contributed by atoms with Crippen LogP contribution in [-0.2, 0) is 12.8 Å². The maximum Gasteiger partial charge on any atom is 0.0712 e. The van der Waals surface area contributed by atoms with Crippen molar-refractivity contribution in [2.24, 2.45) is 0 Å². The minimum Gasteiger partial charge on any atom is -0.248 e. The quantitative estimate of drug-likeness (QED) is 0.607. The molecule has 0 aliphatic carbocycles. The largest absolute Gasteiger partial charge is 0.248 e. The molecule has 0 aliphatic heterocycles. The van der Waals surface area contributed by atoms with Gasteiger partial charge in [-0.15, -0.1) is 0 Å². The molecule has 0 radical (unpaired) electrons. The van der Waals surface area contributed by atoms with Gasteiger partial charge in [0.1, 0.15) is 0 Å². The molecule has 0 N–H and O–H groups in total. The molecule has 0 saturated heterocycles. The average Bonchev–Trinajstić information content (AvgIpc) is 2.52. The van der Waals surface area contributed by atoms with Crippen molar-refractivity contribution >= 4 is 10.9 Å². The summed E-state index contributed by atoms with van der Waals surface area (Å²) in [6, 6.07) is 15.4. The average molecular weight is 289 g/mol. The van der Waals surface area contributed by atoms with Crippen molar-refractivity contribution in [3.05, 3.63) is 64.7 Å². The van der Waals surface area contributed by atoms with Crippen LogP contribution in [0.2, 0.25) is 0 Å². The van der Waals surface area contributed by atoms with Crippen molar-refractivity contribution in [2.45, 2.75) is 40.5 Å². The summed E-state index contributed by atoms with van der Waals surface area (Å²) in [4.78, 5) is 4.91. The lowest BCUT2D eigenvalue weighted by molar-refractivity contribution is 1.05. The van der Waals surface area contributed by atoms with Crippen LogP contribution < -0.4 is 0 Å². The molecule has 112 valence electrons.